The number of ether oxygens (including phenoxy) is 1. The molecule has 0 saturated carbocycles. The molecular formula is C18H17NO5S. The lowest BCUT2D eigenvalue weighted by Gasteiger charge is -2.10. The Bertz CT molecular complexity index is 1330. The second-order valence-corrected chi connectivity index (χ2v) is 6.18. The molecule has 2 N–H and O–H groups in total. The molecule has 1 heterocycles. The van der Waals surface area contributed by atoms with E-state index in [-0.39, 0.29) is 11.3 Å². The van der Waals surface area contributed by atoms with Gasteiger partial charge in [-0.3, -0.25) is 4.79 Å². The van der Waals surface area contributed by atoms with Crippen molar-refractivity contribution >= 4 is 15.9 Å². The molecule has 1 unspecified atom stereocenters. The first-order valence-electron chi connectivity index (χ1n) is 11.7. The molecular weight excluding hydrogens is 342 g/mol. The van der Waals surface area contributed by atoms with E-state index >= 15 is 0 Å². The average Bonchev–Trinajstić information content (AvgIpc) is 3.02. The van der Waals surface area contributed by atoms with E-state index in [1.807, 2.05) is 0 Å². The highest BCUT2D eigenvalue weighted by molar-refractivity contribution is 7.86. The van der Waals surface area contributed by atoms with Crippen LogP contribution < -0.4 is 5.72 Å². The van der Waals surface area contributed by atoms with E-state index in [1.165, 1.54) is 24.3 Å². The predicted octanol–water partition coefficient (Wildman–Crippen LogP) is 2.31. The van der Waals surface area contributed by atoms with Gasteiger partial charge < -0.3 is 14.6 Å². The summed E-state index contributed by atoms with van der Waals surface area (Å²) in [5.74, 6) is -3.96. The minimum Gasteiger partial charge on any atom is -0.460 e. The zero-order valence-electron chi connectivity index (χ0n) is 22.7. The fraction of sp³-hybridized carbons (Fsp3) is 0.167. The Kier molecular flexibility index (Phi) is 2.25. The van der Waals surface area contributed by atoms with E-state index < -0.39 is 75.1 Å². The van der Waals surface area contributed by atoms with Crippen molar-refractivity contribution in [2.45, 2.75) is 18.7 Å². The van der Waals surface area contributed by atoms with Crippen LogP contribution in [0.4, 0.5) is 0 Å². The first kappa shape index (κ1) is 8.53. The van der Waals surface area contributed by atoms with Crippen molar-refractivity contribution in [3.63, 3.8) is 0 Å². The van der Waals surface area contributed by atoms with Crippen LogP contribution in [0.15, 0.2) is 66.1 Å². The average molecular weight is 369 g/mol. The molecule has 1 atom stereocenters. The van der Waals surface area contributed by atoms with Gasteiger partial charge in [0, 0.05) is 5.56 Å². The van der Waals surface area contributed by atoms with Crippen LogP contribution in [0.5, 0.6) is 0 Å². The molecule has 7 heteroatoms. The molecule has 0 saturated heterocycles. The lowest BCUT2D eigenvalue weighted by molar-refractivity contribution is -0.123. The van der Waals surface area contributed by atoms with Gasteiger partial charge in [0.2, 0.25) is 17.4 Å². The van der Waals surface area contributed by atoms with E-state index in [0.29, 0.717) is 0 Å². The van der Waals surface area contributed by atoms with E-state index in [2.05, 4.69) is 4.18 Å². The summed E-state index contributed by atoms with van der Waals surface area (Å²) >= 11 is 0. The molecule has 0 spiro atoms. The Labute approximate surface area is 160 Å². The third kappa shape index (κ3) is 3.83. The molecule has 0 aromatic heterocycles. The maximum Gasteiger partial charge on any atom is 0.313 e. The van der Waals surface area contributed by atoms with Gasteiger partial charge in [-0.15, -0.1) is 0 Å². The molecule has 1 aliphatic rings. The molecule has 0 amide bonds. The van der Waals surface area contributed by atoms with Gasteiger partial charge in [0.15, 0.2) is 8.90 Å². The minimum atomic E-state index is -5.70. The number of rotatable bonds is 6. The van der Waals surface area contributed by atoms with Crippen molar-refractivity contribution in [2.75, 3.05) is 0 Å². The topological polar surface area (TPSA) is 95.7 Å². The summed E-state index contributed by atoms with van der Waals surface area (Å²) in [7, 11) is -5.70. The molecule has 0 aliphatic carbocycles. The zero-order valence-corrected chi connectivity index (χ0v) is 13.5. The predicted molar refractivity (Wildman–Crippen MR) is 91.4 cm³/mol. The summed E-state index contributed by atoms with van der Waals surface area (Å²) in [4.78, 5) is 13.0. The number of Topliss-reactive ketones (excluding diaryl/α,β-unsaturated/α-hetero) is 1. The van der Waals surface area contributed by atoms with Crippen LogP contribution in [0.25, 0.3) is 0 Å². The summed E-state index contributed by atoms with van der Waals surface area (Å²) < 4.78 is 114. The van der Waals surface area contributed by atoms with Crippen molar-refractivity contribution in [1.29, 1.82) is 0 Å². The van der Waals surface area contributed by atoms with E-state index in [9.17, 15) is 13.2 Å². The highest BCUT2D eigenvalue weighted by Gasteiger charge is 2.39. The molecule has 130 valence electrons. The van der Waals surface area contributed by atoms with Gasteiger partial charge in [0.25, 0.3) is 0 Å². The third-order valence-corrected chi connectivity index (χ3v) is 3.88. The Hall–Kier alpha value is -2.80. The summed E-state index contributed by atoms with van der Waals surface area (Å²) in [5, 5.41) is 0. The molecule has 2 aromatic rings. The highest BCUT2D eigenvalue weighted by Crippen LogP contribution is 2.32. The summed E-state index contributed by atoms with van der Waals surface area (Å²) in [6.07, 6.45) is -2.67. The first-order chi connectivity index (χ1) is 16.0. The standard InChI is InChI=1S/C18H17NO5S/c1-12-7-9-14(10-8-12)16-15(20)17(18(19)23-16)24-25(21,22)11-13-5-3-2-4-6-13/h2-10,16H,11,19H2,1H3/i2D,3D,4D,5D,6D,11D2,16D/hD2. The molecule has 25 heavy (non-hydrogen) atoms. The quantitative estimate of drug-likeness (QED) is 0.785. The second kappa shape index (κ2) is 6.60. The SMILES string of the molecule is [2H]c1c([2H])c([2H])c(C([2H])([2H])S(=O)(=O)OC2=C(N([2H])[2H])OC([2H])(c3ccc(C)cc3)C2=O)c([2H])c1[2H]. The fourth-order valence-electron chi connectivity index (χ4n) is 1.91. The summed E-state index contributed by atoms with van der Waals surface area (Å²) in [6.45, 7) is 1.72. The van der Waals surface area contributed by atoms with Gasteiger partial charge in [-0.05, 0) is 12.5 Å². The summed E-state index contributed by atoms with van der Waals surface area (Å²) in [6, 6.07) is 0.461. The molecule has 6 nitrogen and oxygen atoms in total. The van der Waals surface area contributed by atoms with Gasteiger partial charge in [-0.25, -0.2) is 0 Å². The van der Waals surface area contributed by atoms with Crippen LogP contribution in [0.2, 0.25) is 2.82 Å². The van der Waals surface area contributed by atoms with Gasteiger partial charge >= 0.3 is 10.1 Å². The van der Waals surface area contributed by atoms with Crippen LogP contribution in [0, 0.1) is 6.92 Å². The Morgan fingerprint density at radius 1 is 1.32 bits per heavy atom. The maximum atomic E-state index is 13.0. The zero-order chi connectivity index (χ0) is 26.7. The molecule has 3 rings (SSSR count). The lowest BCUT2D eigenvalue weighted by atomic mass is 10.0. The van der Waals surface area contributed by atoms with E-state index in [1.54, 1.807) is 6.92 Å². The van der Waals surface area contributed by atoms with Gasteiger partial charge in [-0.1, -0.05) is 60.0 Å². The monoisotopic (exact) mass is 369 g/mol. The van der Waals surface area contributed by atoms with E-state index in [4.69, 9.17) is 18.5 Å². The maximum absolute atomic E-state index is 13.0. The Balaban J connectivity index is 2.12. The van der Waals surface area contributed by atoms with Crippen LogP contribution >= 0.6 is 0 Å². The van der Waals surface area contributed by atoms with Crippen molar-refractivity contribution in [2.24, 2.45) is 5.72 Å². The molecule has 0 fully saturated rings. The Morgan fingerprint density at radius 3 is 2.64 bits per heavy atom. The molecule has 1 aliphatic heterocycles. The molecule has 0 bridgehead atoms. The van der Waals surface area contributed by atoms with Crippen LogP contribution in [-0.4, -0.2) is 14.2 Å². The van der Waals surface area contributed by atoms with Crippen LogP contribution in [0.3, 0.4) is 0 Å². The number of nitrogens with two attached hydrogens (primary N) is 1. The number of ketones is 1. The van der Waals surface area contributed by atoms with Gasteiger partial charge in [0.05, 0.1) is 11.0 Å². The number of benzene rings is 2. The second-order valence-electron chi connectivity index (χ2n) is 4.90. The number of hydrogen-bond donors (Lipinski definition) is 1. The number of carbonyl (C=O) groups is 1. The first-order valence-corrected chi connectivity index (χ1v) is 8.22. The van der Waals surface area contributed by atoms with Crippen LogP contribution in [0.1, 0.15) is 33.7 Å². The molecule has 2 aromatic carbocycles. The minimum absolute atomic E-state index is 0.0999. The Morgan fingerprint density at radius 2 is 2.00 bits per heavy atom. The van der Waals surface area contributed by atoms with Crippen molar-refractivity contribution in [3.05, 3.63) is 82.8 Å². The largest absolute Gasteiger partial charge is 0.460 e. The summed E-state index contributed by atoms with van der Waals surface area (Å²) in [5.41, 5.74) is -4.76. The van der Waals surface area contributed by atoms with Crippen molar-refractivity contribution in [1.82, 2.24) is 0 Å². The third-order valence-electron chi connectivity index (χ3n) is 3.04. The van der Waals surface area contributed by atoms with E-state index in [0.717, 1.165) is 5.56 Å². The smallest absolute Gasteiger partial charge is 0.313 e. The number of carbonyl (C=O) groups excluding carboxylic acids is 1. The van der Waals surface area contributed by atoms with Gasteiger partial charge in [0.1, 0.15) is 5.70 Å². The molecule has 0 radical (unpaired) electrons. The normalized spacial score (nSPS) is 26.5. The van der Waals surface area contributed by atoms with Crippen LogP contribution in [-0.2, 0) is 29.5 Å². The number of hydrogen-bond acceptors (Lipinski definition) is 6. The lowest BCUT2D eigenvalue weighted by Crippen LogP contribution is -2.16. The van der Waals surface area contributed by atoms with Gasteiger partial charge in [-0.2, -0.15) is 8.42 Å². The highest BCUT2D eigenvalue weighted by atomic mass is 32.2. The van der Waals surface area contributed by atoms with Crippen molar-refractivity contribution in [3.8, 4) is 0 Å². The number of aryl methyl sites for hydroxylation is 1. The van der Waals surface area contributed by atoms with Crippen molar-refractivity contribution < 1.29 is 35.9 Å². The fourth-order valence-corrected chi connectivity index (χ4v) is 2.67.